The fourth-order valence-electron chi connectivity index (χ4n) is 3.14. The normalized spacial score (nSPS) is 20.5. The Balaban J connectivity index is 2.15. The molecule has 2 rings (SSSR count). The number of hydrogen-bond donors (Lipinski definition) is 0. The molecular formula is C21H30BrNO4. The summed E-state index contributed by atoms with van der Waals surface area (Å²) in [5.41, 5.74) is -0.0306. The number of carbonyl (C=O) groups excluding carboxylic acids is 2. The number of nitrogens with zero attached hydrogens (tertiary/aromatic N) is 1. The molecule has 0 N–H and O–H groups in total. The summed E-state index contributed by atoms with van der Waals surface area (Å²) in [5.74, 6) is -0.192. The van der Waals surface area contributed by atoms with Gasteiger partial charge in [-0.3, -0.25) is 4.90 Å². The average molecular weight is 440 g/mol. The Morgan fingerprint density at radius 2 is 1.59 bits per heavy atom. The van der Waals surface area contributed by atoms with Crippen molar-refractivity contribution in [2.24, 2.45) is 5.92 Å². The Kier molecular flexibility index (Phi) is 6.61. The van der Waals surface area contributed by atoms with E-state index in [0.717, 1.165) is 10.9 Å². The molecule has 0 saturated carbocycles. The number of ether oxygens (including phenoxy) is 2. The van der Waals surface area contributed by atoms with Crippen LogP contribution < -0.4 is 0 Å². The summed E-state index contributed by atoms with van der Waals surface area (Å²) in [7, 11) is 0. The van der Waals surface area contributed by atoms with Crippen molar-refractivity contribution in [2.75, 3.05) is 6.54 Å². The van der Waals surface area contributed by atoms with E-state index < -0.39 is 23.3 Å². The number of hydrogen-bond acceptors (Lipinski definition) is 4. The molecule has 1 saturated heterocycles. The van der Waals surface area contributed by atoms with Crippen LogP contribution in [-0.2, 0) is 20.7 Å². The minimum absolute atomic E-state index is 0.177. The lowest BCUT2D eigenvalue weighted by atomic mass is 9.97. The molecule has 0 aromatic heterocycles. The molecule has 27 heavy (non-hydrogen) atoms. The average Bonchev–Trinajstić information content (AvgIpc) is 2.90. The number of esters is 1. The first-order valence-electron chi connectivity index (χ1n) is 9.31. The second kappa shape index (κ2) is 8.21. The van der Waals surface area contributed by atoms with Crippen LogP contribution in [0.3, 0.4) is 0 Å². The van der Waals surface area contributed by atoms with E-state index in [4.69, 9.17) is 9.47 Å². The third kappa shape index (κ3) is 6.83. The highest BCUT2D eigenvalue weighted by Crippen LogP contribution is 2.30. The van der Waals surface area contributed by atoms with Gasteiger partial charge >= 0.3 is 12.1 Å². The summed E-state index contributed by atoms with van der Waals surface area (Å²) < 4.78 is 12.1. The van der Waals surface area contributed by atoms with Crippen LogP contribution in [0.15, 0.2) is 28.7 Å². The summed E-state index contributed by atoms with van der Waals surface area (Å²) in [6, 6.07) is 7.51. The van der Waals surface area contributed by atoms with Gasteiger partial charge in [-0.25, -0.2) is 9.59 Å². The van der Waals surface area contributed by atoms with Gasteiger partial charge in [-0.05, 0) is 78.0 Å². The largest absolute Gasteiger partial charge is 0.458 e. The summed E-state index contributed by atoms with van der Waals surface area (Å²) >= 11 is 3.44. The van der Waals surface area contributed by atoms with Crippen LogP contribution in [0.4, 0.5) is 4.79 Å². The Hall–Kier alpha value is -1.56. The Morgan fingerprint density at radius 1 is 1.04 bits per heavy atom. The van der Waals surface area contributed by atoms with Crippen molar-refractivity contribution in [3.05, 3.63) is 34.3 Å². The first-order chi connectivity index (χ1) is 12.3. The van der Waals surface area contributed by atoms with E-state index in [1.165, 1.54) is 10.5 Å². The lowest BCUT2D eigenvalue weighted by Gasteiger charge is -2.29. The van der Waals surface area contributed by atoms with Crippen molar-refractivity contribution in [1.82, 2.24) is 4.90 Å². The zero-order valence-electron chi connectivity index (χ0n) is 17.0. The fraction of sp³-hybridized carbons (Fsp3) is 0.619. The third-order valence-corrected chi connectivity index (χ3v) is 4.66. The number of benzene rings is 1. The second-order valence-corrected chi connectivity index (χ2v) is 10.0. The van der Waals surface area contributed by atoms with Gasteiger partial charge in [0.05, 0.1) is 0 Å². The molecule has 1 aliphatic heterocycles. The molecule has 1 aliphatic rings. The van der Waals surface area contributed by atoms with Crippen LogP contribution in [0.5, 0.6) is 0 Å². The highest BCUT2D eigenvalue weighted by atomic mass is 79.9. The van der Waals surface area contributed by atoms with Crippen LogP contribution >= 0.6 is 15.9 Å². The lowest BCUT2D eigenvalue weighted by Crippen LogP contribution is -2.45. The molecule has 5 nitrogen and oxygen atoms in total. The molecule has 1 heterocycles. The van der Waals surface area contributed by atoms with Gasteiger partial charge in [0.25, 0.3) is 0 Å². The molecule has 1 fully saturated rings. The Bertz CT molecular complexity index is 637. The number of carbonyl (C=O) groups is 2. The van der Waals surface area contributed by atoms with Crippen molar-refractivity contribution >= 4 is 28.0 Å². The molecule has 0 radical (unpaired) electrons. The van der Waals surface area contributed by atoms with E-state index >= 15 is 0 Å². The number of amides is 1. The minimum atomic E-state index is -0.612. The predicted octanol–water partition coefficient (Wildman–Crippen LogP) is 4.96. The molecular weight excluding hydrogens is 410 g/mol. The van der Waals surface area contributed by atoms with Crippen LogP contribution in [0.25, 0.3) is 0 Å². The Morgan fingerprint density at radius 3 is 2.11 bits per heavy atom. The zero-order chi connectivity index (χ0) is 20.4. The smallest absolute Gasteiger partial charge is 0.411 e. The monoisotopic (exact) mass is 439 g/mol. The SMILES string of the molecule is CC(C)(C)OC(=O)[C@@H]1C[C@H](Cc2ccc(Br)cc2)CN1C(=O)OC(C)(C)C. The van der Waals surface area contributed by atoms with E-state index in [2.05, 4.69) is 28.1 Å². The van der Waals surface area contributed by atoms with Gasteiger partial charge in [-0.2, -0.15) is 0 Å². The van der Waals surface area contributed by atoms with Gasteiger partial charge in [0.15, 0.2) is 0 Å². The lowest BCUT2D eigenvalue weighted by molar-refractivity contribution is -0.160. The van der Waals surface area contributed by atoms with Crippen molar-refractivity contribution < 1.29 is 19.1 Å². The summed E-state index contributed by atoms with van der Waals surface area (Å²) in [4.78, 5) is 26.9. The van der Waals surface area contributed by atoms with Crippen molar-refractivity contribution in [3.8, 4) is 0 Å². The van der Waals surface area contributed by atoms with Gasteiger partial charge in [-0.1, -0.05) is 28.1 Å². The molecule has 0 unspecified atom stereocenters. The topological polar surface area (TPSA) is 55.8 Å². The van der Waals surface area contributed by atoms with Crippen molar-refractivity contribution in [1.29, 1.82) is 0 Å². The van der Waals surface area contributed by atoms with Crippen LogP contribution in [0.2, 0.25) is 0 Å². The maximum Gasteiger partial charge on any atom is 0.411 e. The number of likely N-dealkylation sites (tertiary alicyclic amines) is 1. The molecule has 150 valence electrons. The van der Waals surface area contributed by atoms with Gasteiger partial charge in [0.2, 0.25) is 0 Å². The summed E-state index contributed by atoms with van der Waals surface area (Å²) in [5, 5.41) is 0. The molecule has 1 aromatic rings. The molecule has 0 aliphatic carbocycles. The highest BCUT2D eigenvalue weighted by molar-refractivity contribution is 9.10. The second-order valence-electron chi connectivity index (χ2n) is 9.11. The predicted molar refractivity (Wildman–Crippen MR) is 109 cm³/mol. The van der Waals surface area contributed by atoms with Crippen molar-refractivity contribution in [2.45, 2.75) is 71.6 Å². The van der Waals surface area contributed by atoms with Crippen LogP contribution in [0.1, 0.15) is 53.5 Å². The van der Waals surface area contributed by atoms with E-state index in [1.807, 2.05) is 53.7 Å². The van der Waals surface area contributed by atoms with Gasteiger partial charge < -0.3 is 9.47 Å². The Labute approximate surface area is 170 Å². The van der Waals surface area contributed by atoms with E-state index in [1.54, 1.807) is 0 Å². The van der Waals surface area contributed by atoms with Crippen LogP contribution in [-0.4, -0.2) is 40.8 Å². The fourth-order valence-corrected chi connectivity index (χ4v) is 3.40. The maximum atomic E-state index is 12.7. The molecule has 1 amide bonds. The molecule has 6 heteroatoms. The van der Waals surface area contributed by atoms with Crippen molar-refractivity contribution in [3.63, 3.8) is 0 Å². The highest BCUT2D eigenvalue weighted by Gasteiger charge is 2.43. The zero-order valence-corrected chi connectivity index (χ0v) is 18.6. The number of halogens is 1. The minimum Gasteiger partial charge on any atom is -0.458 e. The standard InChI is InChI=1S/C21H30BrNO4/c1-20(2,3)26-18(24)17-12-15(11-14-7-9-16(22)10-8-14)13-23(17)19(25)27-21(4,5)6/h7-10,15,17H,11-13H2,1-6H3/t15-,17-/m0/s1. The molecule has 1 aromatic carbocycles. The first kappa shape index (κ1) is 21.7. The van der Waals surface area contributed by atoms with Crippen LogP contribution in [0, 0.1) is 5.92 Å². The number of rotatable bonds is 3. The van der Waals surface area contributed by atoms with E-state index in [0.29, 0.717) is 13.0 Å². The first-order valence-corrected chi connectivity index (χ1v) is 10.1. The maximum absolute atomic E-state index is 12.7. The molecule has 0 spiro atoms. The molecule has 2 atom stereocenters. The summed E-state index contributed by atoms with van der Waals surface area (Å²) in [6.45, 7) is 11.4. The van der Waals surface area contributed by atoms with Gasteiger partial charge in [0.1, 0.15) is 17.2 Å². The van der Waals surface area contributed by atoms with Gasteiger partial charge in [-0.15, -0.1) is 0 Å². The van der Waals surface area contributed by atoms with Gasteiger partial charge in [0, 0.05) is 11.0 Å². The van der Waals surface area contributed by atoms with E-state index in [-0.39, 0.29) is 11.9 Å². The molecule has 0 bridgehead atoms. The van der Waals surface area contributed by atoms with E-state index in [9.17, 15) is 9.59 Å². The summed E-state index contributed by atoms with van der Waals surface area (Å²) in [6.07, 6.45) is 0.910. The quantitative estimate of drug-likeness (QED) is 0.624. The third-order valence-electron chi connectivity index (χ3n) is 4.13.